The number of rotatable bonds is 3. The average Bonchev–Trinajstić information content (AvgIpc) is 2.37. The molecule has 0 atom stereocenters. The number of benzene rings is 2. The molecular formula is C15H12F4. The van der Waals surface area contributed by atoms with Gasteiger partial charge in [0.15, 0.2) is 0 Å². The number of hydrogen-bond donors (Lipinski definition) is 0. The summed E-state index contributed by atoms with van der Waals surface area (Å²) in [5, 5.41) is 0. The largest absolute Gasteiger partial charge is 0.416 e. The first-order valence-corrected chi connectivity index (χ1v) is 5.86. The molecule has 2 rings (SSSR count). The van der Waals surface area contributed by atoms with E-state index in [1.165, 1.54) is 0 Å². The maximum Gasteiger partial charge on any atom is 0.416 e. The molecule has 0 spiro atoms. The minimum Gasteiger partial charge on any atom is -0.207 e. The first-order valence-electron chi connectivity index (χ1n) is 5.86. The summed E-state index contributed by atoms with van der Waals surface area (Å²) < 4.78 is 51.1. The monoisotopic (exact) mass is 268 g/mol. The van der Waals surface area contributed by atoms with Crippen LogP contribution in [0, 0.1) is 5.82 Å². The van der Waals surface area contributed by atoms with Crippen LogP contribution in [0.3, 0.4) is 0 Å². The van der Waals surface area contributed by atoms with Crippen molar-refractivity contribution in [3.8, 4) is 0 Å². The number of halogens is 4. The van der Waals surface area contributed by atoms with Crippen LogP contribution in [0.5, 0.6) is 0 Å². The summed E-state index contributed by atoms with van der Waals surface area (Å²) in [6.07, 6.45) is -3.67. The van der Waals surface area contributed by atoms with Gasteiger partial charge in [-0.1, -0.05) is 30.3 Å². The molecule has 0 bridgehead atoms. The first-order chi connectivity index (χ1) is 8.97. The Labute approximate surface area is 108 Å². The lowest BCUT2D eigenvalue weighted by molar-refractivity contribution is -0.137. The van der Waals surface area contributed by atoms with Crippen molar-refractivity contribution in [1.82, 2.24) is 0 Å². The highest BCUT2D eigenvalue weighted by atomic mass is 19.4. The van der Waals surface area contributed by atoms with Gasteiger partial charge in [0.1, 0.15) is 5.82 Å². The maximum atomic E-state index is 13.5. The van der Waals surface area contributed by atoms with E-state index >= 15 is 0 Å². The Balaban J connectivity index is 2.16. The fourth-order valence-electron chi connectivity index (χ4n) is 1.87. The Morgan fingerprint density at radius 2 is 1.53 bits per heavy atom. The van der Waals surface area contributed by atoms with Crippen molar-refractivity contribution in [1.29, 1.82) is 0 Å². The molecule has 0 saturated heterocycles. The molecule has 0 aliphatic carbocycles. The van der Waals surface area contributed by atoms with Gasteiger partial charge in [0.25, 0.3) is 0 Å². The number of alkyl halides is 3. The Kier molecular flexibility index (Phi) is 3.88. The van der Waals surface area contributed by atoms with E-state index in [-0.39, 0.29) is 12.0 Å². The second-order valence-electron chi connectivity index (χ2n) is 4.29. The molecule has 0 heterocycles. The summed E-state index contributed by atoms with van der Waals surface area (Å²) in [4.78, 5) is 0. The van der Waals surface area contributed by atoms with Gasteiger partial charge >= 0.3 is 6.18 Å². The van der Waals surface area contributed by atoms with Crippen molar-refractivity contribution < 1.29 is 17.6 Å². The fourth-order valence-corrected chi connectivity index (χ4v) is 1.87. The topological polar surface area (TPSA) is 0 Å². The van der Waals surface area contributed by atoms with Crippen molar-refractivity contribution in [2.45, 2.75) is 19.0 Å². The molecule has 0 N–H and O–H groups in total. The third kappa shape index (κ3) is 3.56. The SMILES string of the molecule is Fc1ccc(C(F)(F)F)cc1CCc1ccccc1. The van der Waals surface area contributed by atoms with E-state index in [0.29, 0.717) is 6.42 Å². The lowest BCUT2D eigenvalue weighted by Gasteiger charge is -2.10. The molecule has 0 aliphatic heterocycles. The molecule has 0 amide bonds. The van der Waals surface area contributed by atoms with Crippen molar-refractivity contribution in [3.63, 3.8) is 0 Å². The van der Waals surface area contributed by atoms with Crippen molar-refractivity contribution in [2.24, 2.45) is 0 Å². The summed E-state index contributed by atoms with van der Waals surface area (Å²) in [6.45, 7) is 0. The maximum absolute atomic E-state index is 13.5. The predicted octanol–water partition coefficient (Wildman–Crippen LogP) is 4.63. The zero-order valence-corrected chi connectivity index (χ0v) is 10.0. The molecule has 0 aliphatic rings. The Hall–Kier alpha value is -1.84. The molecule has 0 nitrogen and oxygen atoms in total. The lowest BCUT2D eigenvalue weighted by Crippen LogP contribution is -2.07. The van der Waals surface area contributed by atoms with Crippen LogP contribution < -0.4 is 0 Å². The molecule has 0 saturated carbocycles. The molecule has 0 aromatic heterocycles. The highest BCUT2D eigenvalue weighted by molar-refractivity contribution is 5.28. The van der Waals surface area contributed by atoms with Gasteiger partial charge in [0.2, 0.25) is 0 Å². The third-order valence-electron chi connectivity index (χ3n) is 2.90. The highest BCUT2D eigenvalue weighted by Crippen LogP contribution is 2.30. The highest BCUT2D eigenvalue weighted by Gasteiger charge is 2.30. The van der Waals surface area contributed by atoms with Gasteiger partial charge in [-0.25, -0.2) is 4.39 Å². The zero-order chi connectivity index (χ0) is 13.9. The van der Waals surface area contributed by atoms with Crippen molar-refractivity contribution >= 4 is 0 Å². The molecule has 0 unspecified atom stereocenters. The predicted molar refractivity (Wildman–Crippen MR) is 65.3 cm³/mol. The van der Waals surface area contributed by atoms with E-state index < -0.39 is 17.6 Å². The van der Waals surface area contributed by atoms with Crippen LogP contribution >= 0.6 is 0 Å². The molecule has 0 fully saturated rings. The van der Waals surface area contributed by atoms with Crippen LogP contribution in [0.1, 0.15) is 16.7 Å². The summed E-state index contributed by atoms with van der Waals surface area (Å²) in [6, 6.07) is 11.8. The Morgan fingerprint density at radius 3 is 2.16 bits per heavy atom. The van der Waals surface area contributed by atoms with Crippen LogP contribution in [-0.4, -0.2) is 0 Å². The van der Waals surface area contributed by atoms with E-state index in [9.17, 15) is 17.6 Å². The summed E-state index contributed by atoms with van der Waals surface area (Å²) in [5.41, 5.74) is 0.259. The molecule has 0 radical (unpaired) electrons. The van der Waals surface area contributed by atoms with Crippen LogP contribution in [-0.2, 0) is 19.0 Å². The Morgan fingerprint density at radius 1 is 0.842 bits per heavy atom. The van der Waals surface area contributed by atoms with Crippen molar-refractivity contribution in [2.75, 3.05) is 0 Å². The minimum absolute atomic E-state index is 0.0960. The van der Waals surface area contributed by atoms with Crippen LogP contribution in [0.15, 0.2) is 48.5 Å². The first kappa shape index (κ1) is 13.6. The number of hydrogen-bond acceptors (Lipinski definition) is 0. The molecule has 19 heavy (non-hydrogen) atoms. The van der Waals surface area contributed by atoms with Crippen molar-refractivity contribution in [3.05, 3.63) is 71.0 Å². The quantitative estimate of drug-likeness (QED) is 0.712. The van der Waals surface area contributed by atoms with Gasteiger partial charge < -0.3 is 0 Å². The number of aryl methyl sites for hydroxylation is 2. The molecule has 100 valence electrons. The second-order valence-corrected chi connectivity index (χ2v) is 4.29. The standard InChI is InChI=1S/C15H12F4/c16-14-9-8-13(15(17,18)19)10-12(14)7-6-11-4-2-1-3-5-11/h1-5,8-10H,6-7H2. The van der Waals surface area contributed by atoms with Gasteiger partial charge in [0, 0.05) is 0 Å². The van der Waals surface area contributed by atoms with Gasteiger partial charge in [0.05, 0.1) is 5.56 Å². The zero-order valence-electron chi connectivity index (χ0n) is 10.0. The fraction of sp³-hybridized carbons (Fsp3) is 0.200. The van der Waals surface area contributed by atoms with Crippen LogP contribution in [0.25, 0.3) is 0 Å². The van der Waals surface area contributed by atoms with E-state index in [2.05, 4.69) is 0 Å². The average molecular weight is 268 g/mol. The van der Waals surface area contributed by atoms with Gasteiger partial charge in [-0.2, -0.15) is 13.2 Å². The molecule has 2 aromatic rings. The second kappa shape index (κ2) is 5.43. The molecular weight excluding hydrogens is 256 g/mol. The van der Waals surface area contributed by atoms with E-state index in [0.717, 1.165) is 23.8 Å². The van der Waals surface area contributed by atoms with Crippen LogP contribution in [0.4, 0.5) is 17.6 Å². The Bertz CT molecular complexity index is 544. The molecule has 4 heteroatoms. The summed E-state index contributed by atoms with van der Waals surface area (Å²) in [5.74, 6) is -0.594. The van der Waals surface area contributed by atoms with Gasteiger partial charge in [-0.05, 0) is 42.2 Å². The van der Waals surface area contributed by atoms with Gasteiger partial charge in [-0.3, -0.25) is 0 Å². The van der Waals surface area contributed by atoms with E-state index in [1.54, 1.807) is 0 Å². The normalized spacial score (nSPS) is 11.6. The third-order valence-corrected chi connectivity index (χ3v) is 2.90. The van der Waals surface area contributed by atoms with Crippen LogP contribution in [0.2, 0.25) is 0 Å². The minimum atomic E-state index is -4.44. The lowest BCUT2D eigenvalue weighted by atomic mass is 10.0. The van der Waals surface area contributed by atoms with Gasteiger partial charge in [-0.15, -0.1) is 0 Å². The smallest absolute Gasteiger partial charge is 0.207 e. The van der Waals surface area contributed by atoms with E-state index in [1.807, 2.05) is 30.3 Å². The summed E-state index contributed by atoms with van der Waals surface area (Å²) in [7, 11) is 0. The summed E-state index contributed by atoms with van der Waals surface area (Å²) >= 11 is 0. The molecule has 2 aromatic carbocycles. The van der Waals surface area contributed by atoms with E-state index in [4.69, 9.17) is 0 Å².